The van der Waals surface area contributed by atoms with E-state index < -0.39 is 23.8 Å². The molecule has 11 nitrogen and oxygen atoms in total. The Morgan fingerprint density at radius 3 is 2.43 bits per heavy atom. The van der Waals surface area contributed by atoms with E-state index in [1.54, 1.807) is 58.5 Å². The summed E-state index contributed by atoms with van der Waals surface area (Å²) < 4.78 is 45.1. The van der Waals surface area contributed by atoms with Crippen LogP contribution in [0.4, 0.5) is 18.9 Å². The quantitative estimate of drug-likeness (QED) is 0.221. The van der Waals surface area contributed by atoms with Crippen LogP contribution in [0.3, 0.4) is 0 Å². The second-order valence-electron chi connectivity index (χ2n) is 13.7. The van der Waals surface area contributed by atoms with Crippen LogP contribution in [0.5, 0.6) is 0 Å². The first-order valence-electron chi connectivity index (χ1n) is 17.5. The number of aromatic nitrogens is 4. The molecule has 1 fully saturated rings. The second kappa shape index (κ2) is 14.9. The maximum Gasteiger partial charge on any atom is 0.405 e. The van der Waals surface area contributed by atoms with E-state index >= 15 is 0 Å². The third kappa shape index (κ3) is 7.17. The molecule has 2 aliphatic rings. The van der Waals surface area contributed by atoms with Crippen LogP contribution in [0.25, 0.3) is 16.9 Å². The van der Waals surface area contributed by atoms with Crippen LogP contribution in [0, 0.1) is 6.92 Å². The zero-order valence-electron chi connectivity index (χ0n) is 29.8. The Balaban J connectivity index is 1.25. The number of carbonyl (C=O) groups excluding carboxylic acids is 2. The number of halogens is 4. The van der Waals surface area contributed by atoms with E-state index in [2.05, 4.69) is 31.2 Å². The number of hydrogen-bond donors (Lipinski definition) is 1. The van der Waals surface area contributed by atoms with Crippen LogP contribution in [-0.2, 0) is 19.6 Å². The number of alkyl halides is 3. The number of rotatable bonds is 7. The van der Waals surface area contributed by atoms with Gasteiger partial charge in [0, 0.05) is 66.2 Å². The van der Waals surface area contributed by atoms with Gasteiger partial charge in [-0.3, -0.25) is 23.6 Å². The van der Waals surface area contributed by atoms with Gasteiger partial charge >= 0.3 is 11.9 Å². The molecule has 0 spiro atoms. The van der Waals surface area contributed by atoms with Crippen LogP contribution in [-0.4, -0.2) is 85.7 Å². The van der Waals surface area contributed by atoms with Crippen LogP contribution in [0.1, 0.15) is 44.6 Å². The first kappa shape index (κ1) is 37.1. The Hall–Kier alpha value is -5.28. The molecular weight excluding hydrogens is 765 g/mol. The topological polar surface area (TPSA) is 109 Å². The normalized spacial score (nSPS) is 17.7. The van der Waals surface area contributed by atoms with Crippen molar-refractivity contribution in [1.29, 1.82) is 0 Å². The summed E-state index contributed by atoms with van der Waals surface area (Å²) in [5.74, 6) is -0.765. The number of nitrogens with zero attached hydrogens (tertiary/aromatic N) is 7. The average molecular weight is 804 g/mol. The van der Waals surface area contributed by atoms with E-state index in [1.807, 2.05) is 44.2 Å². The van der Waals surface area contributed by atoms with Crippen LogP contribution < -0.4 is 15.9 Å². The summed E-state index contributed by atoms with van der Waals surface area (Å²) in [5.41, 5.74) is 4.57. The van der Waals surface area contributed by atoms with Gasteiger partial charge in [-0.2, -0.15) is 13.2 Å². The van der Waals surface area contributed by atoms with Gasteiger partial charge in [0.1, 0.15) is 18.1 Å². The first-order valence-corrected chi connectivity index (χ1v) is 18.3. The van der Waals surface area contributed by atoms with E-state index in [0.29, 0.717) is 34.9 Å². The Bertz CT molecular complexity index is 2260. The van der Waals surface area contributed by atoms with Gasteiger partial charge in [0.15, 0.2) is 0 Å². The van der Waals surface area contributed by atoms with Crippen molar-refractivity contribution in [3.8, 4) is 16.9 Å². The Labute approximate surface area is 318 Å². The molecule has 15 heteroatoms. The van der Waals surface area contributed by atoms with Gasteiger partial charge in [-0.05, 0) is 80.6 Å². The zero-order chi connectivity index (χ0) is 38.3. The highest BCUT2D eigenvalue weighted by molar-refractivity contribution is 9.10. The van der Waals surface area contributed by atoms with Crippen molar-refractivity contribution in [2.75, 3.05) is 31.6 Å². The highest BCUT2D eigenvalue weighted by atomic mass is 79.9. The lowest BCUT2D eigenvalue weighted by molar-refractivity contribution is -0.180. The molecule has 5 aromatic rings. The number of benzene rings is 3. The van der Waals surface area contributed by atoms with Crippen molar-refractivity contribution in [3.05, 3.63) is 128 Å². The third-order valence-corrected chi connectivity index (χ3v) is 11.1. The fourth-order valence-corrected chi connectivity index (χ4v) is 7.46. The van der Waals surface area contributed by atoms with Gasteiger partial charge in [0.2, 0.25) is 0 Å². The van der Waals surface area contributed by atoms with Gasteiger partial charge in [0.25, 0.3) is 11.8 Å². The molecule has 2 aromatic heterocycles. The molecule has 0 saturated carbocycles. The standard InChI is InChI=1S/C39H38BrF3N8O3/c1-24-18-26(8-13-31(24)40)37(53)49-21-33-35(36(52)45-19-27-6-4-5-7-30(27)32-14-15-44-23-46-32)51(38(54)50(33)20-25(49)2)29-11-9-28(10-12-29)48-17-16-47(3)34(22-48)39(41,42)43/h4-15,18,23,25,34H,16-17,19-22H2,1-3H3,(H,45,52)/t25?,34-/m1/s1. The summed E-state index contributed by atoms with van der Waals surface area (Å²) in [6.07, 6.45) is -1.30. The van der Waals surface area contributed by atoms with Crippen LogP contribution in [0.2, 0.25) is 0 Å². The smallest absolute Gasteiger partial charge is 0.368 e. The molecule has 0 bridgehead atoms. The minimum Gasteiger partial charge on any atom is -0.368 e. The summed E-state index contributed by atoms with van der Waals surface area (Å²) in [6, 6.07) is 19.3. The van der Waals surface area contributed by atoms with E-state index in [0.717, 1.165) is 21.2 Å². The number of imidazole rings is 1. The van der Waals surface area contributed by atoms with Gasteiger partial charge < -0.3 is 15.1 Å². The Morgan fingerprint density at radius 2 is 1.72 bits per heavy atom. The number of hydrogen-bond acceptors (Lipinski definition) is 7. The fourth-order valence-electron chi connectivity index (χ4n) is 7.21. The molecule has 2 amide bonds. The predicted octanol–water partition coefficient (Wildman–Crippen LogP) is 5.82. The molecule has 0 radical (unpaired) electrons. The van der Waals surface area contributed by atoms with E-state index in [4.69, 9.17) is 0 Å². The molecule has 1 N–H and O–H groups in total. The molecule has 1 unspecified atom stereocenters. The third-order valence-electron chi connectivity index (χ3n) is 10.2. The van der Waals surface area contributed by atoms with Crippen molar-refractivity contribution in [2.45, 2.75) is 51.7 Å². The second-order valence-corrected chi connectivity index (χ2v) is 14.6. The minimum absolute atomic E-state index is 0.00413. The predicted molar refractivity (Wildman–Crippen MR) is 202 cm³/mol. The maximum absolute atomic E-state index is 14.4. The number of nitrogens with one attached hydrogen (secondary N) is 1. The summed E-state index contributed by atoms with van der Waals surface area (Å²) in [4.78, 5) is 55.6. The molecule has 280 valence electrons. The van der Waals surface area contributed by atoms with E-state index in [-0.39, 0.29) is 50.4 Å². The number of fused-ring (bicyclic) bond motifs is 1. The van der Waals surface area contributed by atoms with E-state index in [9.17, 15) is 27.6 Å². The monoisotopic (exact) mass is 802 g/mol. The number of amides is 2. The van der Waals surface area contributed by atoms with E-state index in [1.165, 1.54) is 27.4 Å². The van der Waals surface area contributed by atoms with Crippen LogP contribution in [0.15, 0.2) is 94.6 Å². The fraction of sp³-hybridized carbons (Fsp3) is 0.308. The molecule has 2 aliphatic heterocycles. The van der Waals surface area contributed by atoms with Gasteiger partial charge in [-0.15, -0.1) is 0 Å². The average Bonchev–Trinajstić information content (AvgIpc) is 3.45. The summed E-state index contributed by atoms with van der Waals surface area (Å²) in [6.45, 7) is 4.41. The molecule has 54 heavy (non-hydrogen) atoms. The lowest BCUT2D eigenvalue weighted by atomic mass is 10.0. The maximum atomic E-state index is 14.4. The Morgan fingerprint density at radius 1 is 0.981 bits per heavy atom. The molecule has 1 saturated heterocycles. The molecular formula is C39H38BrF3N8O3. The van der Waals surface area contributed by atoms with Crippen molar-refractivity contribution in [1.82, 2.24) is 34.2 Å². The molecule has 7 rings (SSSR count). The SMILES string of the molecule is Cc1cc(C(=O)N2Cc3c(C(=O)NCc4ccccc4-c4ccncn4)n(-c4ccc(N5CCN(C)[C@@H](C(F)(F)F)C5)cc4)c(=O)n3CC2C)ccc1Br. The molecule has 0 aliphatic carbocycles. The summed E-state index contributed by atoms with van der Waals surface area (Å²) in [5, 5.41) is 3.00. The van der Waals surface area contributed by atoms with Crippen molar-refractivity contribution in [2.24, 2.45) is 0 Å². The molecule has 2 atom stereocenters. The number of likely N-dealkylation sites (N-methyl/N-ethyl adjacent to an activating group) is 1. The zero-order valence-corrected chi connectivity index (χ0v) is 31.4. The number of aryl methyl sites for hydroxylation is 1. The lowest BCUT2D eigenvalue weighted by Crippen LogP contribution is -2.57. The number of carbonyl (C=O) groups is 2. The van der Waals surface area contributed by atoms with Crippen molar-refractivity contribution < 1.29 is 22.8 Å². The first-order chi connectivity index (χ1) is 25.8. The van der Waals surface area contributed by atoms with Gasteiger partial charge in [-0.1, -0.05) is 40.2 Å². The number of piperazine rings is 1. The van der Waals surface area contributed by atoms with Gasteiger partial charge in [-0.25, -0.2) is 14.8 Å². The van der Waals surface area contributed by atoms with Gasteiger partial charge in [0.05, 0.1) is 23.6 Å². The molecule has 3 aromatic carbocycles. The highest BCUT2D eigenvalue weighted by Gasteiger charge is 2.45. The highest BCUT2D eigenvalue weighted by Crippen LogP contribution is 2.31. The van der Waals surface area contributed by atoms with Crippen molar-refractivity contribution in [3.63, 3.8) is 0 Å². The summed E-state index contributed by atoms with van der Waals surface area (Å²) >= 11 is 3.49. The molecule has 4 heterocycles. The summed E-state index contributed by atoms with van der Waals surface area (Å²) in [7, 11) is 1.47. The minimum atomic E-state index is -4.38. The number of anilines is 1. The lowest BCUT2D eigenvalue weighted by Gasteiger charge is -2.41. The van der Waals surface area contributed by atoms with Crippen molar-refractivity contribution >= 4 is 33.4 Å². The Kier molecular flexibility index (Phi) is 10.2. The van der Waals surface area contributed by atoms with Crippen LogP contribution >= 0.6 is 15.9 Å². The largest absolute Gasteiger partial charge is 0.405 e.